The van der Waals surface area contributed by atoms with Crippen LogP contribution in [0.3, 0.4) is 0 Å². The van der Waals surface area contributed by atoms with E-state index in [1.54, 1.807) is 0 Å². The zero-order valence-electron chi connectivity index (χ0n) is 12.4. The summed E-state index contributed by atoms with van der Waals surface area (Å²) in [4.78, 5) is 0. The third-order valence-electron chi connectivity index (χ3n) is 3.53. The standard InChI is InChI=1S/C16H25NO3/c1-16(2,6-7-18)12-17-11-13-4-5-14-15(10-13)20-9-3-8-19-14/h4-5,10,17-18H,3,6-9,11-12H2,1-2H3. The number of hydrogen-bond acceptors (Lipinski definition) is 4. The van der Waals surface area contributed by atoms with Gasteiger partial charge in [0.2, 0.25) is 0 Å². The summed E-state index contributed by atoms with van der Waals surface area (Å²) >= 11 is 0. The molecule has 0 saturated heterocycles. The lowest BCUT2D eigenvalue weighted by atomic mass is 9.90. The summed E-state index contributed by atoms with van der Waals surface area (Å²) in [6.45, 7) is 7.66. The summed E-state index contributed by atoms with van der Waals surface area (Å²) in [6.07, 6.45) is 1.73. The van der Waals surface area contributed by atoms with Crippen molar-refractivity contribution in [3.63, 3.8) is 0 Å². The van der Waals surface area contributed by atoms with Crippen LogP contribution in [-0.2, 0) is 6.54 Å². The fourth-order valence-corrected chi connectivity index (χ4v) is 2.25. The molecule has 0 bridgehead atoms. The Morgan fingerprint density at radius 1 is 1.20 bits per heavy atom. The Morgan fingerprint density at radius 2 is 1.95 bits per heavy atom. The molecule has 0 amide bonds. The molecule has 4 nitrogen and oxygen atoms in total. The second kappa shape index (κ2) is 6.95. The van der Waals surface area contributed by atoms with E-state index in [1.165, 1.54) is 5.56 Å². The second-order valence-electron chi connectivity index (χ2n) is 6.07. The highest BCUT2D eigenvalue weighted by Gasteiger charge is 2.16. The zero-order valence-corrected chi connectivity index (χ0v) is 12.4. The predicted octanol–water partition coefficient (Wildman–Crippen LogP) is 2.35. The second-order valence-corrected chi connectivity index (χ2v) is 6.07. The van der Waals surface area contributed by atoms with Crippen LogP contribution in [0.1, 0.15) is 32.3 Å². The van der Waals surface area contributed by atoms with Crippen LogP contribution < -0.4 is 14.8 Å². The molecule has 0 saturated carbocycles. The molecule has 0 fully saturated rings. The van der Waals surface area contributed by atoms with Crippen LogP contribution >= 0.6 is 0 Å². The number of hydrogen-bond donors (Lipinski definition) is 2. The molecule has 0 unspecified atom stereocenters. The highest BCUT2D eigenvalue weighted by atomic mass is 16.5. The number of aliphatic hydroxyl groups is 1. The Balaban J connectivity index is 1.89. The van der Waals surface area contributed by atoms with E-state index >= 15 is 0 Å². The molecule has 0 radical (unpaired) electrons. The van der Waals surface area contributed by atoms with Crippen molar-refractivity contribution in [2.75, 3.05) is 26.4 Å². The van der Waals surface area contributed by atoms with E-state index in [-0.39, 0.29) is 12.0 Å². The zero-order chi connectivity index (χ0) is 14.4. The van der Waals surface area contributed by atoms with Crippen molar-refractivity contribution in [2.24, 2.45) is 5.41 Å². The number of rotatable bonds is 6. The van der Waals surface area contributed by atoms with E-state index in [4.69, 9.17) is 14.6 Å². The average Bonchev–Trinajstić information content (AvgIpc) is 2.63. The Morgan fingerprint density at radius 3 is 2.70 bits per heavy atom. The maximum atomic E-state index is 9.02. The van der Waals surface area contributed by atoms with Gasteiger partial charge in [-0.3, -0.25) is 0 Å². The molecule has 1 aromatic rings. The summed E-state index contributed by atoms with van der Waals surface area (Å²) in [5.74, 6) is 1.68. The van der Waals surface area contributed by atoms with Gasteiger partial charge in [-0.15, -0.1) is 0 Å². The van der Waals surface area contributed by atoms with Crippen molar-refractivity contribution in [3.05, 3.63) is 23.8 Å². The van der Waals surface area contributed by atoms with Crippen LogP contribution in [0.15, 0.2) is 18.2 Å². The monoisotopic (exact) mass is 279 g/mol. The van der Waals surface area contributed by atoms with Gasteiger partial charge in [-0.05, 0) is 29.5 Å². The van der Waals surface area contributed by atoms with Crippen molar-refractivity contribution >= 4 is 0 Å². The maximum Gasteiger partial charge on any atom is 0.161 e. The third-order valence-corrected chi connectivity index (χ3v) is 3.53. The van der Waals surface area contributed by atoms with Gasteiger partial charge in [0.25, 0.3) is 0 Å². The van der Waals surface area contributed by atoms with E-state index in [0.717, 1.165) is 44.0 Å². The predicted molar refractivity (Wildman–Crippen MR) is 79.2 cm³/mol. The number of nitrogens with one attached hydrogen (secondary N) is 1. The average molecular weight is 279 g/mol. The van der Waals surface area contributed by atoms with Crippen molar-refractivity contribution < 1.29 is 14.6 Å². The first-order valence-electron chi connectivity index (χ1n) is 7.31. The fraction of sp³-hybridized carbons (Fsp3) is 0.625. The Bertz CT molecular complexity index is 432. The number of benzene rings is 1. The Kier molecular flexibility index (Phi) is 5.26. The van der Waals surface area contributed by atoms with Gasteiger partial charge >= 0.3 is 0 Å². The van der Waals surface area contributed by atoms with Gasteiger partial charge in [0.15, 0.2) is 11.5 Å². The molecule has 0 aromatic heterocycles. The molecule has 0 atom stereocenters. The molecule has 1 aromatic carbocycles. The molecule has 2 N–H and O–H groups in total. The first-order valence-corrected chi connectivity index (χ1v) is 7.31. The minimum Gasteiger partial charge on any atom is -0.490 e. The number of aliphatic hydroxyl groups excluding tert-OH is 1. The van der Waals surface area contributed by atoms with E-state index in [0.29, 0.717) is 6.61 Å². The smallest absolute Gasteiger partial charge is 0.161 e. The molecule has 4 heteroatoms. The third kappa shape index (κ3) is 4.39. The van der Waals surface area contributed by atoms with E-state index in [1.807, 2.05) is 12.1 Å². The Labute approximate surface area is 121 Å². The summed E-state index contributed by atoms with van der Waals surface area (Å²) in [7, 11) is 0. The van der Waals surface area contributed by atoms with Crippen molar-refractivity contribution in [1.29, 1.82) is 0 Å². The van der Waals surface area contributed by atoms with Gasteiger partial charge in [0.1, 0.15) is 0 Å². The molecule has 0 spiro atoms. The van der Waals surface area contributed by atoms with Crippen molar-refractivity contribution in [3.8, 4) is 11.5 Å². The summed E-state index contributed by atoms with van der Waals surface area (Å²) in [5, 5.41) is 12.5. The fourth-order valence-electron chi connectivity index (χ4n) is 2.25. The lowest BCUT2D eigenvalue weighted by Gasteiger charge is -2.24. The minimum absolute atomic E-state index is 0.111. The van der Waals surface area contributed by atoms with Gasteiger partial charge in [-0.1, -0.05) is 19.9 Å². The SMILES string of the molecule is CC(C)(CCO)CNCc1ccc2c(c1)OCCCO2. The van der Waals surface area contributed by atoms with E-state index in [9.17, 15) is 0 Å². The largest absolute Gasteiger partial charge is 0.490 e. The van der Waals surface area contributed by atoms with E-state index < -0.39 is 0 Å². The molecular weight excluding hydrogens is 254 g/mol. The van der Waals surface area contributed by atoms with Crippen molar-refractivity contribution in [1.82, 2.24) is 5.32 Å². The van der Waals surface area contributed by atoms with Crippen LogP contribution in [0.25, 0.3) is 0 Å². The number of fused-ring (bicyclic) bond motifs is 1. The number of ether oxygens (including phenoxy) is 2. The van der Waals surface area contributed by atoms with Gasteiger partial charge in [0, 0.05) is 26.1 Å². The van der Waals surface area contributed by atoms with Gasteiger partial charge in [-0.2, -0.15) is 0 Å². The van der Waals surface area contributed by atoms with Crippen LogP contribution in [-0.4, -0.2) is 31.5 Å². The maximum absolute atomic E-state index is 9.02. The van der Waals surface area contributed by atoms with Gasteiger partial charge in [0.05, 0.1) is 13.2 Å². The molecule has 20 heavy (non-hydrogen) atoms. The molecular formula is C16H25NO3. The van der Waals surface area contributed by atoms with Crippen LogP contribution in [0.2, 0.25) is 0 Å². The van der Waals surface area contributed by atoms with Crippen LogP contribution in [0.4, 0.5) is 0 Å². The summed E-state index contributed by atoms with van der Waals surface area (Å²) in [5.41, 5.74) is 1.30. The van der Waals surface area contributed by atoms with Crippen LogP contribution in [0.5, 0.6) is 11.5 Å². The summed E-state index contributed by atoms with van der Waals surface area (Å²) < 4.78 is 11.3. The normalized spacial score (nSPS) is 14.9. The summed E-state index contributed by atoms with van der Waals surface area (Å²) in [6, 6.07) is 6.10. The molecule has 1 aliphatic rings. The highest BCUT2D eigenvalue weighted by Crippen LogP contribution is 2.30. The lowest BCUT2D eigenvalue weighted by molar-refractivity contribution is 0.207. The molecule has 0 aliphatic carbocycles. The van der Waals surface area contributed by atoms with Gasteiger partial charge < -0.3 is 19.9 Å². The molecule has 1 aliphatic heterocycles. The van der Waals surface area contributed by atoms with E-state index in [2.05, 4.69) is 25.2 Å². The van der Waals surface area contributed by atoms with Crippen molar-refractivity contribution in [2.45, 2.75) is 33.2 Å². The first kappa shape index (κ1) is 15.1. The first-order chi connectivity index (χ1) is 9.61. The van der Waals surface area contributed by atoms with Gasteiger partial charge in [-0.25, -0.2) is 0 Å². The minimum atomic E-state index is 0.111. The quantitative estimate of drug-likeness (QED) is 0.839. The molecule has 1 heterocycles. The van der Waals surface area contributed by atoms with Crippen LogP contribution in [0, 0.1) is 5.41 Å². The lowest BCUT2D eigenvalue weighted by Crippen LogP contribution is -2.29. The molecule has 2 rings (SSSR count). The highest BCUT2D eigenvalue weighted by molar-refractivity contribution is 5.43. The topological polar surface area (TPSA) is 50.7 Å². The molecule has 112 valence electrons. The Hall–Kier alpha value is -1.26.